The normalized spacial score (nSPS) is 11.9. The SMILES string of the molecule is CCCCCCN(C(=O)c1ccc(CCCCC)cc1)C(C)c1nc2ccccc2c(=O)n1-c1cc(OC)cc(OC)c1Br. The van der Waals surface area contributed by atoms with Crippen molar-refractivity contribution in [2.24, 2.45) is 0 Å². The molecule has 7 nitrogen and oxygen atoms in total. The van der Waals surface area contributed by atoms with Crippen molar-refractivity contribution in [3.8, 4) is 17.2 Å². The molecule has 1 aromatic heterocycles. The van der Waals surface area contributed by atoms with E-state index in [2.05, 4.69) is 41.9 Å². The van der Waals surface area contributed by atoms with E-state index in [9.17, 15) is 9.59 Å². The van der Waals surface area contributed by atoms with Crippen LogP contribution in [0.25, 0.3) is 16.6 Å². The molecule has 1 atom stereocenters. The number of halogens is 1. The zero-order valence-corrected chi connectivity index (χ0v) is 28.2. The zero-order chi connectivity index (χ0) is 31.6. The molecule has 234 valence electrons. The standard InChI is InChI=1S/C36H44BrN3O4/c1-6-8-10-14-22-39(35(41)27-20-18-26(19-21-27)15-11-9-7-2)25(3)34-38-30-17-13-12-16-29(30)36(42)40(34)31-23-28(43-4)24-32(44-5)33(31)37/h12-13,16-21,23-25H,6-11,14-15,22H2,1-5H3. The number of benzene rings is 3. The van der Waals surface area contributed by atoms with Crippen LogP contribution in [-0.4, -0.2) is 41.1 Å². The molecule has 44 heavy (non-hydrogen) atoms. The summed E-state index contributed by atoms with van der Waals surface area (Å²) in [5.74, 6) is 1.44. The number of carbonyl (C=O) groups excluding carboxylic acids is 1. The van der Waals surface area contributed by atoms with Gasteiger partial charge in [0.25, 0.3) is 11.5 Å². The third-order valence-electron chi connectivity index (χ3n) is 8.12. The molecule has 0 aliphatic heterocycles. The second-order valence-corrected chi connectivity index (χ2v) is 12.0. The number of para-hydroxylation sites is 1. The molecule has 8 heteroatoms. The van der Waals surface area contributed by atoms with Crippen LogP contribution in [0.5, 0.6) is 11.5 Å². The Bertz CT molecular complexity index is 1620. The van der Waals surface area contributed by atoms with Crippen LogP contribution in [0.2, 0.25) is 0 Å². The minimum Gasteiger partial charge on any atom is -0.497 e. The Kier molecular flexibility index (Phi) is 12.0. The van der Waals surface area contributed by atoms with Crippen LogP contribution in [0, 0.1) is 0 Å². The molecule has 0 saturated heterocycles. The molecule has 4 rings (SSSR count). The number of aryl methyl sites for hydroxylation is 1. The summed E-state index contributed by atoms with van der Waals surface area (Å²) in [7, 11) is 3.14. The van der Waals surface area contributed by atoms with E-state index < -0.39 is 6.04 Å². The maximum atomic E-state index is 14.2. The summed E-state index contributed by atoms with van der Waals surface area (Å²) in [6.07, 6.45) is 8.58. The molecule has 1 amide bonds. The van der Waals surface area contributed by atoms with Gasteiger partial charge >= 0.3 is 0 Å². The molecule has 0 radical (unpaired) electrons. The quantitative estimate of drug-likeness (QED) is 0.119. The maximum Gasteiger partial charge on any atom is 0.266 e. The number of rotatable bonds is 15. The van der Waals surface area contributed by atoms with Crippen molar-refractivity contribution in [3.05, 3.63) is 92.4 Å². The van der Waals surface area contributed by atoms with Crippen molar-refractivity contribution in [2.45, 2.75) is 78.2 Å². The summed E-state index contributed by atoms with van der Waals surface area (Å²) in [5, 5.41) is 0.483. The molecule has 0 spiro atoms. The van der Waals surface area contributed by atoms with Crippen molar-refractivity contribution >= 4 is 32.7 Å². The average molecular weight is 663 g/mol. The van der Waals surface area contributed by atoms with E-state index in [4.69, 9.17) is 14.5 Å². The van der Waals surface area contributed by atoms with Crippen LogP contribution in [0.4, 0.5) is 0 Å². The van der Waals surface area contributed by atoms with Crippen molar-refractivity contribution in [3.63, 3.8) is 0 Å². The Morgan fingerprint density at radius 3 is 2.32 bits per heavy atom. The van der Waals surface area contributed by atoms with Gasteiger partial charge < -0.3 is 14.4 Å². The lowest BCUT2D eigenvalue weighted by molar-refractivity contribution is 0.0677. The highest BCUT2D eigenvalue weighted by Gasteiger charge is 2.29. The Hall–Kier alpha value is -3.65. The zero-order valence-electron chi connectivity index (χ0n) is 26.6. The van der Waals surface area contributed by atoms with E-state index in [0.717, 1.165) is 38.5 Å². The smallest absolute Gasteiger partial charge is 0.266 e. The molecule has 0 N–H and O–H groups in total. The van der Waals surface area contributed by atoms with Gasteiger partial charge in [0.15, 0.2) is 0 Å². The number of hydrogen-bond acceptors (Lipinski definition) is 5. The summed E-state index contributed by atoms with van der Waals surface area (Å²) < 4.78 is 13.3. The summed E-state index contributed by atoms with van der Waals surface area (Å²) in [6.45, 7) is 6.87. The predicted molar refractivity (Wildman–Crippen MR) is 181 cm³/mol. The lowest BCUT2D eigenvalue weighted by Crippen LogP contribution is -2.38. The van der Waals surface area contributed by atoms with E-state index >= 15 is 0 Å². The van der Waals surface area contributed by atoms with Gasteiger partial charge in [0, 0.05) is 24.2 Å². The number of amides is 1. The Morgan fingerprint density at radius 1 is 0.932 bits per heavy atom. The van der Waals surface area contributed by atoms with Gasteiger partial charge in [-0.2, -0.15) is 0 Å². The summed E-state index contributed by atoms with van der Waals surface area (Å²) >= 11 is 3.67. The molecule has 0 bridgehead atoms. The largest absolute Gasteiger partial charge is 0.497 e. The second-order valence-electron chi connectivity index (χ2n) is 11.2. The van der Waals surface area contributed by atoms with Crippen LogP contribution >= 0.6 is 15.9 Å². The molecular formula is C36H44BrN3O4. The molecule has 3 aromatic carbocycles. The molecule has 1 heterocycles. The number of hydrogen-bond donors (Lipinski definition) is 0. The lowest BCUT2D eigenvalue weighted by Gasteiger charge is -2.31. The van der Waals surface area contributed by atoms with Crippen molar-refractivity contribution in [1.29, 1.82) is 0 Å². The van der Waals surface area contributed by atoms with Gasteiger partial charge in [0.2, 0.25) is 0 Å². The van der Waals surface area contributed by atoms with E-state index in [1.54, 1.807) is 37.0 Å². The van der Waals surface area contributed by atoms with E-state index in [0.29, 0.717) is 50.5 Å². The summed E-state index contributed by atoms with van der Waals surface area (Å²) in [6, 6.07) is 18.3. The average Bonchev–Trinajstić information content (AvgIpc) is 3.05. The third kappa shape index (κ3) is 7.52. The number of unbranched alkanes of at least 4 members (excludes halogenated alkanes) is 5. The van der Waals surface area contributed by atoms with Gasteiger partial charge in [-0.3, -0.25) is 14.2 Å². The van der Waals surface area contributed by atoms with E-state index in [1.807, 2.05) is 42.2 Å². The fourth-order valence-corrected chi connectivity index (χ4v) is 6.10. The second kappa shape index (κ2) is 15.9. The van der Waals surface area contributed by atoms with Gasteiger partial charge in [0.1, 0.15) is 17.3 Å². The highest BCUT2D eigenvalue weighted by atomic mass is 79.9. The molecule has 1 unspecified atom stereocenters. The molecule has 4 aromatic rings. The van der Waals surface area contributed by atoms with Crippen LogP contribution in [0.15, 0.2) is 69.9 Å². The maximum absolute atomic E-state index is 14.2. The van der Waals surface area contributed by atoms with Gasteiger partial charge in [0.05, 0.1) is 41.3 Å². The minimum atomic E-state index is -0.519. The monoisotopic (exact) mass is 661 g/mol. The fraction of sp³-hybridized carbons (Fsp3) is 0.417. The molecule has 0 aliphatic rings. The van der Waals surface area contributed by atoms with Crippen LogP contribution in [0.1, 0.15) is 93.5 Å². The van der Waals surface area contributed by atoms with Gasteiger partial charge in [-0.15, -0.1) is 0 Å². The van der Waals surface area contributed by atoms with Crippen molar-refractivity contribution in [1.82, 2.24) is 14.5 Å². The van der Waals surface area contributed by atoms with E-state index in [1.165, 1.54) is 18.4 Å². The first-order valence-corrected chi connectivity index (χ1v) is 16.5. The number of aromatic nitrogens is 2. The minimum absolute atomic E-state index is 0.0784. The number of ether oxygens (including phenoxy) is 2. The first kappa shape index (κ1) is 33.2. The highest BCUT2D eigenvalue weighted by molar-refractivity contribution is 9.10. The molecule has 0 saturated carbocycles. The highest BCUT2D eigenvalue weighted by Crippen LogP contribution is 2.37. The molecule has 0 fully saturated rings. The predicted octanol–water partition coefficient (Wildman–Crippen LogP) is 8.68. The van der Waals surface area contributed by atoms with Gasteiger partial charge in [-0.05, 0) is 71.9 Å². The summed E-state index contributed by atoms with van der Waals surface area (Å²) in [5.41, 5.74) is 2.74. The Balaban J connectivity index is 1.85. The van der Waals surface area contributed by atoms with Crippen molar-refractivity contribution < 1.29 is 14.3 Å². The summed E-state index contributed by atoms with van der Waals surface area (Å²) in [4.78, 5) is 35.3. The Morgan fingerprint density at radius 2 is 1.64 bits per heavy atom. The topological polar surface area (TPSA) is 73.7 Å². The molecule has 0 aliphatic carbocycles. The number of methoxy groups -OCH3 is 2. The number of fused-ring (bicyclic) bond motifs is 1. The van der Waals surface area contributed by atoms with Crippen LogP contribution < -0.4 is 15.0 Å². The fourth-order valence-electron chi connectivity index (χ4n) is 5.53. The first-order valence-electron chi connectivity index (χ1n) is 15.7. The first-order chi connectivity index (χ1) is 21.3. The van der Waals surface area contributed by atoms with Crippen LogP contribution in [0.3, 0.4) is 0 Å². The number of carbonyl (C=O) groups is 1. The molecular weight excluding hydrogens is 618 g/mol. The van der Waals surface area contributed by atoms with Crippen LogP contribution in [-0.2, 0) is 6.42 Å². The van der Waals surface area contributed by atoms with Gasteiger partial charge in [-0.25, -0.2) is 4.98 Å². The van der Waals surface area contributed by atoms with Gasteiger partial charge in [-0.1, -0.05) is 70.2 Å². The third-order valence-corrected chi connectivity index (χ3v) is 8.91. The lowest BCUT2D eigenvalue weighted by atomic mass is 10.0. The number of nitrogens with zero attached hydrogens (tertiary/aromatic N) is 3. The van der Waals surface area contributed by atoms with Crippen molar-refractivity contribution in [2.75, 3.05) is 20.8 Å². The van der Waals surface area contributed by atoms with E-state index in [-0.39, 0.29) is 11.5 Å². The Labute approximate surface area is 269 Å².